The van der Waals surface area contributed by atoms with Crippen LogP contribution >= 0.6 is 0 Å². The minimum Gasteiger partial charge on any atom is -0.426 e. The Labute approximate surface area is 149 Å². The van der Waals surface area contributed by atoms with Crippen molar-refractivity contribution in [3.63, 3.8) is 0 Å². The number of carbonyl (C=O) groups is 2. The molecular formula is C21H25NO3. The van der Waals surface area contributed by atoms with Gasteiger partial charge in [0.15, 0.2) is 0 Å². The van der Waals surface area contributed by atoms with Gasteiger partial charge in [-0.3, -0.25) is 9.59 Å². The van der Waals surface area contributed by atoms with Crippen molar-refractivity contribution >= 4 is 17.6 Å². The topological polar surface area (TPSA) is 46.6 Å². The van der Waals surface area contributed by atoms with E-state index in [1.165, 1.54) is 6.92 Å². The van der Waals surface area contributed by atoms with E-state index in [1.807, 2.05) is 70.2 Å². The van der Waals surface area contributed by atoms with E-state index in [-0.39, 0.29) is 17.8 Å². The highest BCUT2D eigenvalue weighted by Crippen LogP contribution is 2.35. The fraction of sp³-hybridized carbons (Fsp3) is 0.333. The van der Waals surface area contributed by atoms with E-state index >= 15 is 0 Å². The molecule has 2 aromatic rings. The SMILES string of the molecule is CCN(C(=O)C(C)C)c1cc(-c2ccccc2)cc(OC(C)=O)c1C. The number of hydrogen-bond donors (Lipinski definition) is 0. The van der Waals surface area contributed by atoms with Crippen molar-refractivity contribution in [2.75, 3.05) is 11.4 Å². The number of esters is 1. The van der Waals surface area contributed by atoms with Crippen LogP contribution in [0.5, 0.6) is 5.75 Å². The first kappa shape index (κ1) is 18.7. The summed E-state index contributed by atoms with van der Waals surface area (Å²) < 4.78 is 5.41. The van der Waals surface area contributed by atoms with E-state index in [2.05, 4.69) is 0 Å². The molecule has 0 radical (unpaired) electrons. The second-order valence-electron chi connectivity index (χ2n) is 6.32. The molecule has 0 unspecified atom stereocenters. The Morgan fingerprint density at radius 3 is 2.24 bits per heavy atom. The van der Waals surface area contributed by atoms with Crippen molar-refractivity contribution in [2.45, 2.75) is 34.6 Å². The van der Waals surface area contributed by atoms with Gasteiger partial charge in [-0.05, 0) is 37.1 Å². The van der Waals surface area contributed by atoms with Crippen LogP contribution in [0.3, 0.4) is 0 Å². The summed E-state index contributed by atoms with van der Waals surface area (Å²) in [6, 6.07) is 13.7. The number of ether oxygens (including phenoxy) is 1. The van der Waals surface area contributed by atoms with E-state index in [4.69, 9.17) is 4.74 Å². The third kappa shape index (κ3) is 4.27. The number of hydrogen-bond acceptors (Lipinski definition) is 3. The van der Waals surface area contributed by atoms with Crippen LogP contribution in [0.2, 0.25) is 0 Å². The largest absolute Gasteiger partial charge is 0.426 e. The smallest absolute Gasteiger partial charge is 0.308 e. The standard InChI is InChI=1S/C21H25NO3/c1-6-22(21(24)14(2)3)19-12-18(17-10-8-7-9-11-17)13-20(15(19)4)25-16(5)23/h7-14H,6H2,1-5H3. The van der Waals surface area contributed by atoms with Crippen LogP contribution in [0.25, 0.3) is 11.1 Å². The zero-order valence-electron chi connectivity index (χ0n) is 15.5. The number of amides is 1. The Balaban J connectivity index is 2.64. The third-order valence-corrected chi connectivity index (χ3v) is 4.06. The summed E-state index contributed by atoms with van der Waals surface area (Å²) >= 11 is 0. The molecule has 0 aliphatic heterocycles. The lowest BCUT2D eigenvalue weighted by Crippen LogP contribution is -2.34. The molecule has 0 atom stereocenters. The van der Waals surface area contributed by atoms with Gasteiger partial charge in [0.25, 0.3) is 0 Å². The van der Waals surface area contributed by atoms with Gasteiger partial charge in [-0.25, -0.2) is 0 Å². The molecule has 0 aliphatic rings. The first-order valence-corrected chi connectivity index (χ1v) is 8.55. The second-order valence-corrected chi connectivity index (χ2v) is 6.32. The molecule has 0 N–H and O–H groups in total. The summed E-state index contributed by atoms with van der Waals surface area (Å²) in [7, 11) is 0. The molecule has 25 heavy (non-hydrogen) atoms. The van der Waals surface area contributed by atoms with E-state index in [1.54, 1.807) is 4.90 Å². The van der Waals surface area contributed by atoms with E-state index in [0.717, 1.165) is 22.4 Å². The fourth-order valence-corrected chi connectivity index (χ4v) is 2.77. The molecule has 0 aromatic heterocycles. The van der Waals surface area contributed by atoms with Gasteiger partial charge in [-0.2, -0.15) is 0 Å². The number of benzene rings is 2. The molecular weight excluding hydrogens is 314 g/mol. The molecule has 0 bridgehead atoms. The van der Waals surface area contributed by atoms with Gasteiger partial charge in [0.2, 0.25) is 5.91 Å². The maximum atomic E-state index is 12.6. The van der Waals surface area contributed by atoms with Gasteiger partial charge >= 0.3 is 5.97 Å². The Kier molecular flexibility index (Phi) is 5.97. The lowest BCUT2D eigenvalue weighted by Gasteiger charge is -2.26. The number of nitrogens with zero attached hydrogens (tertiary/aromatic N) is 1. The third-order valence-electron chi connectivity index (χ3n) is 4.06. The van der Waals surface area contributed by atoms with Crippen molar-refractivity contribution in [3.8, 4) is 16.9 Å². The maximum absolute atomic E-state index is 12.6. The quantitative estimate of drug-likeness (QED) is 0.591. The van der Waals surface area contributed by atoms with Crippen LogP contribution in [0, 0.1) is 12.8 Å². The molecule has 0 saturated heterocycles. The van der Waals surface area contributed by atoms with Crippen molar-refractivity contribution in [1.29, 1.82) is 0 Å². The summed E-state index contributed by atoms with van der Waals surface area (Å²) in [6.45, 7) is 9.52. The van der Waals surface area contributed by atoms with Crippen LogP contribution < -0.4 is 9.64 Å². The maximum Gasteiger partial charge on any atom is 0.308 e. The van der Waals surface area contributed by atoms with Crippen molar-refractivity contribution in [3.05, 3.63) is 48.0 Å². The van der Waals surface area contributed by atoms with Gasteiger partial charge in [0.05, 0.1) is 5.69 Å². The molecule has 2 aromatic carbocycles. The number of rotatable bonds is 5. The molecule has 0 spiro atoms. The Morgan fingerprint density at radius 2 is 1.72 bits per heavy atom. The van der Waals surface area contributed by atoms with Gasteiger partial charge in [-0.1, -0.05) is 44.2 Å². The summed E-state index contributed by atoms with van der Waals surface area (Å²) in [4.78, 5) is 25.9. The molecule has 4 nitrogen and oxygen atoms in total. The highest BCUT2D eigenvalue weighted by atomic mass is 16.5. The monoisotopic (exact) mass is 339 g/mol. The van der Waals surface area contributed by atoms with Gasteiger partial charge in [0.1, 0.15) is 5.75 Å². The molecule has 1 amide bonds. The predicted molar refractivity (Wildman–Crippen MR) is 101 cm³/mol. The van der Waals surface area contributed by atoms with Crippen LogP contribution in [0.4, 0.5) is 5.69 Å². The van der Waals surface area contributed by atoms with Crippen LogP contribution in [-0.4, -0.2) is 18.4 Å². The highest BCUT2D eigenvalue weighted by molar-refractivity contribution is 5.96. The van der Waals surface area contributed by atoms with Crippen LogP contribution in [-0.2, 0) is 9.59 Å². The molecule has 0 fully saturated rings. The Bertz CT molecular complexity index is 766. The minimum absolute atomic E-state index is 0.0459. The lowest BCUT2D eigenvalue weighted by atomic mass is 10.0. The molecule has 0 aliphatic carbocycles. The minimum atomic E-state index is -0.377. The van der Waals surface area contributed by atoms with Gasteiger partial charge in [0, 0.05) is 24.9 Å². The van der Waals surface area contributed by atoms with Crippen LogP contribution in [0.15, 0.2) is 42.5 Å². The number of carbonyl (C=O) groups excluding carboxylic acids is 2. The lowest BCUT2D eigenvalue weighted by molar-refractivity contribution is -0.131. The van der Waals surface area contributed by atoms with Crippen molar-refractivity contribution in [2.24, 2.45) is 5.92 Å². The average molecular weight is 339 g/mol. The zero-order chi connectivity index (χ0) is 18.6. The highest BCUT2D eigenvalue weighted by Gasteiger charge is 2.22. The summed E-state index contributed by atoms with van der Waals surface area (Å²) in [5.74, 6) is 0.0397. The molecule has 4 heteroatoms. The summed E-state index contributed by atoms with van der Waals surface area (Å²) in [6.07, 6.45) is 0. The molecule has 0 saturated carbocycles. The molecule has 132 valence electrons. The zero-order valence-corrected chi connectivity index (χ0v) is 15.5. The van der Waals surface area contributed by atoms with Crippen molar-refractivity contribution < 1.29 is 14.3 Å². The fourth-order valence-electron chi connectivity index (χ4n) is 2.77. The Hall–Kier alpha value is -2.62. The number of anilines is 1. The van der Waals surface area contributed by atoms with E-state index in [0.29, 0.717) is 12.3 Å². The summed E-state index contributed by atoms with van der Waals surface area (Å²) in [5, 5.41) is 0. The predicted octanol–water partition coefficient (Wildman–Crippen LogP) is 4.60. The van der Waals surface area contributed by atoms with Crippen LogP contribution in [0.1, 0.15) is 33.3 Å². The average Bonchev–Trinajstić information content (AvgIpc) is 2.58. The first-order chi connectivity index (χ1) is 11.8. The van der Waals surface area contributed by atoms with Gasteiger partial charge < -0.3 is 9.64 Å². The molecule has 2 rings (SSSR count). The summed E-state index contributed by atoms with van der Waals surface area (Å²) in [5.41, 5.74) is 3.47. The van der Waals surface area contributed by atoms with Gasteiger partial charge in [-0.15, -0.1) is 0 Å². The second kappa shape index (κ2) is 7.97. The first-order valence-electron chi connectivity index (χ1n) is 8.55. The van der Waals surface area contributed by atoms with Crippen molar-refractivity contribution in [1.82, 2.24) is 0 Å². The normalized spacial score (nSPS) is 10.6. The molecule has 0 heterocycles. The van der Waals surface area contributed by atoms with E-state index < -0.39 is 0 Å². The Morgan fingerprint density at radius 1 is 1.08 bits per heavy atom. The van der Waals surface area contributed by atoms with E-state index in [9.17, 15) is 9.59 Å².